The van der Waals surface area contributed by atoms with Crippen LogP contribution in [0.15, 0.2) is 0 Å². The monoisotopic (exact) mass is 497 g/mol. The zero-order valence-electron chi connectivity index (χ0n) is 3.69. The van der Waals surface area contributed by atoms with E-state index in [9.17, 15) is 0 Å². The molecule has 7 heteroatoms. The Hall–Kier alpha value is 3.65. The summed E-state index contributed by atoms with van der Waals surface area (Å²) in [5.74, 6) is 0. The first kappa shape index (κ1) is 74.5. The average Bonchev–Trinajstić information content (AvgIpc) is 0. The first-order chi connectivity index (χ1) is 0. The molecule has 0 heterocycles. The number of rotatable bonds is 0. The smallest absolute Gasteiger partial charge is 2.00 e. The van der Waals surface area contributed by atoms with Gasteiger partial charge in [0.2, 0.25) is 0 Å². The van der Waals surface area contributed by atoms with Crippen molar-refractivity contribution in [1.82, 2.24) is 0 Å². The minimum absolute atomic E-state index is 0. The summed E-state index contributed by atoms with van der Waals surface area (Å²) < 4.78 is 0. The molecule has 2 nitrogen and oxygen atoms in total. The van der Waals surface area contributed by atoms with E-state index in [1.165, 1.54) is 0 Å². The molecule has 0 aromatic carbocycles. The van der Waals surface area contributed by atoms with E-state index in [0.29, 0.717) is 0 Å². The zero-order chi connectivity index (χ0) is 0. The predicted octanol–water partition coefficient (Wildman–Crippen LogP) is -1.01. The first-order valence-corrected chi connectivity index (χ1v) is 0. The molecule has 0 rings (SSSR count). The van der Waals surface area contributed by atoms with Crippen LogP contribution in [0.3, 0.4) is 0 Å². The molecule has 0 fully saturated rings. The van der Waals surface area contributed by atoms with Crippen LogP contribution in [-0.2, 0) is 72.3 Å². The molecule has 0 aliphatic heterocycles. The van der Waals surface area contributed by atoms with E-state index in [2.05, 4.69) is 0 Å². The van der Waals surface area contributed by atoms with Crippen molar-refractivity contribution in [1.29, 1.82) is 0 Å². The van der Waals surface area contributed by atoms with Crippen molar-refractivity contribution < 1.29 is 72.3 Å². The summed E-state index contributed by atoms with van der Waals surface area (Å²) in [5.41, 5.74) is 0. The SMILES string of the molecule is [Ag+].[In+3].[In+3].[O-2].[O-2].[Zn+2].[Zn+2]. The molecule has 0 amide bonds. The maximum atomic E-state index is 0. The van der Waals surface area contributed by atoms with Crippen LogP contribution in [0.5, 0.6) is 0 Å². The Labute approximate surface area is 122 Å². The van der Waals surface area contributed by atoms with Gasteiger partial charge < -0.3 is 11.0 Å². The second-order valence-corrected chi connectivity index (χ2v) is 0. The summed E-state index contributed by atoms with van der Waals surface area (Å²) in [7, 11) is 0. The quantitative estimate of drug-likeness (QED) is 0.384. The van der Waals surface area contributed by atoms with Crippen LogP contribution in [0.2, 0.25) is 0 Å². The van der Waals surface area contributed by atoms with Gasteiger partial charge in [-0.15, -0.1) is 0 Å². The molecule has 7 heavy (non-hydrogen) atoms. The van der Waals surface area contributed by atoms with Crippen LogP contribution in [-0.4, -0.2) is 51.7 Å². The first-order valence-electron chi connectivity index (χ1n) is 0. The molecular formula is AgIn2O2Zn2+7. The van der Waals surface area contributed by atoms with Crippen molar-refractivity contribution in [2.75, 3.05) is 0 Å². The molecule has 0 N–H and O–H groups in total. The van der Waals surface area contributed by atoms with Crippen molar-refractivity contribution in [3.8, 4) is 0 Å². The number of hydrogen-bond donors (Lipinski definition) is 0. The van der Waals surface area contributed by atoms with Gasteiger partial charge in [0.05, 0.1) is 0 Å². The van der Waals surface area contributed by atoms with Crippen molar-refractivity contribution in [3.05, 3.63) is 0 Å². The summed E-state index contributed by atoms with van der Waals surface area (Å²) in [6.07, 6.45) is 0. The molecule has 0 spiro atoms. The van der Waals surface area contributed by atoms with Crippen LogP contribution in [0.1, 0.15) is 0 Å². The fraction of sp³-hybridized carbons (Fsp3) is 0. The average molecular weight is 500 g/mol. The molecule has 0 radical (unpaired) electrons. The van der Waals surface area contributed by atoms with Gasteiger partial charge in [0.15, 0.2) is 0 Å². The normalized spacial score (nSPS) is 0. The maximum absolute atomic E-state index is 0. The second kappa shape index (κ2) is 54.2. The van der Waals surface area contributed by atoms with E-state index in [-0.39, 0.29) is 124 Å². The van der Waals surface area contributed by atoms with Crippen molar-refractivity contribution in [2.24, 2.45) is 0 Å². The summed E-state index contributed by atoms with van der Waals surface area (Å²) in [6, 6.07) is 0. The van der Waals surface area contributed by atoms with Crippen LogP contribution in [0.4, 0.5) is 0 Å². The Bertz CT molecular complexity index is 13.7. The molecule has 0 aromatic rings. The van der Waals surface area contributed by atoms with Gasteiger partial charge in [-0.2, -0.15) is 0 Å². The van der Waals surface area contributed by atoms with E-state index in [0.717, 1.165) is 0 Å². The molecule has 0 atom stereocenters. The molecule has 0 saturated carbocycles. The fourth-order valence-corrected chi connectivity index (χ4v) is 0. The van der Waals surface area contributed by atoms with Crippen LogP contribution in [0, 0.1) is 0 Å². The van der Waals surface area contributed by atoms with E-state index < -0.39 is 0 Å². The van der Waals surface area contributed by atoms with E-state index in [1.54, 1.807) is 0 Å². The van der Waals surface area contributed by atoms with Crippen molar-refractivity contribution >= 4 is 51.7 Å². The Balaban J connectivity index is 0. The molecule has 0 aromatic heterocycles. The Morgan fingerprint density at radius 3 is 0.571 bits per heavy atom. The Morgan fingerprint density at radius 2 is 0.571 bits per heavy atom. The Morgan fingerprint density at radius 1 is 0.571 bits per heavy atom. The third-order valence-electron chi connectivity index (χ3n) is 0. The molecular weight excluding hydrogens is 500 g/mol. The van der Waals surface area contributed by atoms with Crippen LogP contribution in [0.25, 0.3) is 0 Å². The predicted molar refractivity (Wildman–Crippen MR) is 12.9 cm³/mol. The van der Waals surface area contributed by atoms with Gasteiger partial charge in [-0.1, -0.05) is 0 Å². The van der Waals surface area contributed by atoms with Gasteiger partial charge >= 0.3 is 113 Å². The van der Waals surface area contributed by atoms with E-state index in [4.69, 9.17) is 0 Å². The minimum Gasteiger partial charge on any atom is -2.00 e. The summed E-state index contributed by atoms with van der Waals surface area (Å²) in [5, 5.41) is 0. The van der Waals surface area contributed by atoms with Crippen LogP contribution >= 0.6 is 0 Å². The summed E-state index contributed by atoms with van der Waals surface area (Å²) in [6.45, 7) is 0. The molecule has 0 aliphatic rings. The molecule has 26 valence electrons. The Kier molecular flexibility index (Phi) is 577. The molecule has 0 saturated heterocycles. The van der Waals surface area contributed by atoms with E-state index >= 15 is 0 Å². The van der Waals surface area contributed by atoms with Crippen molar-refractivity contribution in [3.63, 3.8) is 0 Å². The molecule has 0 bridgehead atoms. The standard InChI is InChI=1S/Ag.2In.2O.2Zn/q+1;2*+3;2*-2;2*+2. The topological polar surface area (TPSA) is 57.0 Å². The maximum Gasteiger partial charge on any atom is 3.00 e. The third-order valence-corrected chi connectivity index (χ3v) is 0. The second-order valence-electron chi connectivity index (χ2n) is 0. The van der Waals surface area contributed by atoms with Gasteiger partial charge in [0, 0.05) is 0 Å². The van der Waals surface area contributed by atoms with E-state index in [1.807, 2.05) is 0 Å². The third kappa shape index (κ3) is 42.4. The van der Waals surface area contributed by atoms with Crippen molar-refractivity contribution in [2.45, 2.75) is 0 Å². The van der Waals surface area contributed by atoms with Gasteiger partial charge in [-0.3, -0.25) is 0 Å². The summed E-state index contributed by atoms with van der Waals surface area (Å²) >= 11 is 0. The fourth-order valence-electron chi connectivity index (χ4n) is 0. The molecule has 0 unspecified atom stereocenters. The summed E-state index contributed by atoms with van der Waals surface area (Å²) in [4.78, 5) is 0. The largest absolute Gasteiger partial charge is 3.00 e. The van der Waals surface area contributed by atoms with Gasteiger partial charge in [0.25, 0.3) is 0 Å². The molecule has 0 aliphatic carbocycles. The van der Waals surface area contributed by atoms with Gasteiger partial charge in [0.1, 0.15) is 0 Å². The van der Waals surface area contributed by atoms with Crippen LogP contribution < -0.4 is 0 Å². The number of hydrogen-bond acceptors (Lipinski definition) is 0. The van der Waals surface area contributed by atoms with Gasteiger partial charge in [-0.25, -0.2) is 0 Å². The van der Waals surface area contributed by atoms with Gasteiger partial charge in [-0.05, 0) is 0 Å². The zero-order valence-corrected chi connectivity index (χ0v) is 17.7. The minimum atomic E-state index is 0.